The monoisotopic (exact) mass is 207 g/mol. The van der Waals surface area contributed by atoms with Gasteiger partial charge in [0.25, 0.3) is 0 Å². The van der Waals surface area contributed by atoms with Gasteiger partial charge < -0.3 is 10.1 Å². The van der Waals surface area contributed by atoms with E-state index in [1.165, 1.54) is 5.56 Å². The highest BCUT2D eigenvalue weighted by Crippen LogP contribution is 2.28. The number of benzene rings is 1. The van der Waals surface area contributed by atoms with Gasteiger partial charge in [-0.3, -0.25) is 0 Å². The summed E-state index contributed by atoms with van der Waals surface area (Å²) >= 11 is 0. The van der Waals surface area contributed by atoms with E-state index in [1.54, 1.807) is 7.11 Å². The Morgan fingerprint density at radius 3 is 2.53 bits per heavy atom. The van der Waals surface area contributed by atoms with Crippen LogP contribution in [0.4, 0.5) is 0 Å². The van der Waals surface area contributed by atoms with Gasteiger partial charge in [0.15, 0.2) is 0 Å². The van der Waals surface area contributed by atoms with Crippen LogP contribution in [0.1, 0.15) is 32.3 Å². The molecule has 0 amide bonds. The van der Waals surface area contributed by atoms with Gasteiger partial charge in [0.2, 0.25) is 0 Å². The summed E-state index contributed by atoms with van der Waals surface area (Å²) in [6.07, 6.45) is 0. The molecule has 0 spiro atoms. The van der Waals surface area contributed by atoms with Crippen molar-refractivity contribution in [3.05, 3.63) is 29.8 Å². The van der Waals surface area contributed by atoms with Crippen molar-refractivity contribution in [1.29, 1.82) is 0 Å². The minimum absolute atomic E-state index is 0.459. The Morgan fingerprint density at radius 2 is 1.93 bits per heavy atom. The summed E-state index contributed by atoms with van der Waals surface area (Å²) in [5, 5.41) is 3.44. The van der Waals surface area contributed by atoms with E-state index in [-0.39, 0.29) is 0 Å². The quantitative estimate of drug-likeness (QED) is 0.801. The predicted octanol–water partition coefficient (Wildman–Crippen LogP) is 2.80. The molecule has 15 heavy (non-hydrogen) atoms. The normalized spacial score (nSPS) is 14.7. The van der Waals surface area contributed by atoms with Gasteiger partial charge >= 0.3 is 0 Å². The summed E-state index contributed by atoms with van der Waals surface area (Å²) in [6.45, 7) is 7.57. The lowest BCUT2D eigenvalue weighted by Crippen LogP contribution is -2.30. The number of hydrogen-bond donors (Lipinski definition) is 1. The third-order valence-electron chi connectivity index (χ3n) is 2.91. The second-order valence-corrected chi connectivity index (χ2v) is 3.88. The van der Waals surface area contributed by atoms with Gasteiger partial charge in [-0.15, -0.1) is 0 Å². The highest BCUT2D eigenvalue weighted by Gasteiger charge is 2.16. The molecule has 2 nitrogen and oxygen atoms in total. The molecule has 0 radical (unpaired) electrons. The molecule has 0 aromatic heterocycles. The van der Waals surface area contributed by atoms with Crippen LogP contribution in [0.15, 0.2) is 24.3 Å². The molecule has 0 saturated carbocycles. The third-order valence-corrected chi connectivity index (χ3v) is 2.91. The molecule has 84 valence electrons. The maximum Gasteiger partial charge on any atom is 0.122 e. The number of likely N-dealkylation sites (N-methyl/N-ethyl adjacent to an activating group) is 1. The standard InChI is InChI=1S/C13H21NO/c1-5-14-11(3)10(2)12-8-6-7-9-13(12)15-4/h6-11,14H,5H2,1-4H3. The Labute approximate surface area is 92.6 Å². The van der Waals surface area contributed by atoms with E-state index in [1.807, 2.05) is 12.1 Å². The summed E-state index contributed by atoms with van der Waals surface area (Å²) in [4.78, 5) is 0. The van der Waals surface area contributed by atoms with Crippen molar-refractivity contribution < 1.29 is 4.74 Å². The molecule has 2 heteroatoms. The van der Waals surface area contributed by atoms with Crippen LogP contribution in [0.25, 0.3) is 0 Å². The van der Waals surface area contributed by atoms with E-state index in [0.717, 1.165) is 12.3 Å². The fourth-order valence-electron chi connectivity index (χ4n) is 1.81. The lowest BCUT2D eigenvalue weighted by atomic mass is 9.93. The SMILES string of the molecule is CCNC(C)C(C)c1ccccc1OC. The third kappa shape index (κ3) is 2.96. The molecule has 0 heterocycles. The van der Waals surface area contributed by atoms with E-state index in [0.29, 0.717) is 12.0 Å². The smallest absolute Gasteiger partial charge is 0.122 e. The summed E-state index contributed by atoms with van der Waals surface area (Å²) < 4.78 is 5.37. The van der Waals surface area contributed by atoms with Crippen LogP contribution in [-0.2, 0) is 0 Å². The number of nitrogens with one attached hydrogen (secondary N) is 1. The number of para-hydroxylation sites is 1. The van der Waals surface area contributed by atoms with Crippen LogP contribution in [0.5, 0.6) is 5.75 Å². The maximum atomic E-state index is 5.37. The molecule has 0 aliphatic rings. The molecule has 2 unspecified atom stereocenters. The summed E-state index contributed by atoms with van der Waals surface area (Å²) in [5.74, 6) is 1.44. The van der Waals surface area contributed by atoms with Gasteiger partial charge in [-0.2, -0.15) is 0 Å². The zero-order chi connectivity index (χ0) is 11.3. The summed E-state index contributed by atoms with van der Waals surface area (Å²) in [7, 11) is 1.73. The molecule has 1 N–H and O–H groups in total. The van der Waals surface area contributed by atoms with Gasteiger partial charge in [-0.25, -0.2) is 0 Å². The maximum absolute atomic E-state index is 5.37. The second-order valence-electron chi connectivity index (χ2n) is 3.88. The molecule has 1 aromatic rings. The van der Waals surface area contributed by atoms with Crippen LogP contribution in [0.2, 0.25) is 0 Å². The van der Waals surface area contributed by atoms with Gasteiger partial charge in [0.05, 0.1) is 7.11 Å². The highest BCUT2D eigenvalue weighted by atomic mass is 16.5. The zero-order valence-corrected chi connectivity index (χ0v) is 10.1. The van der Waals surface area contributed by atoms with Crippen LogP contribution in [-0.4, -0.2) is 19.7 Å². The van der Waals surface area contributed by atoms with Crippen LogP contribution in [0, 0.1) is 0 Å². The van der Waals surface area contributed by atoms with Crippen molar-refractivity contribution in [3.63, 3.8) is 0 Å². The number of methoxy groups -OCH3 is 1. The van der Waals surface area contributed by atoms with E-state index in [4.69, 9.17) is 4.74 Å². The van der Waals surface area contributed by atoms with Gasteiger partial charge in [-0.05, 0) is 31.0 Å². The highest BCUT2D eigenvalue weighted by molar-refractivity contribution is 5.36. The molecule has 0 bridgehead atoms. The van der Waals surface area contributed by atoms with E-state index >= 15 is 0 Å². The fourth-order valence-corrected chi connectivity index (χ4v) is 1.81. The first-order valence-corrected chi connectivity index (χ1v) is 5.57. The minimum atomic E-state index is 0.459. The van der Waals surface area contributed by atoms with Crippen molar-refractivity contribution >= 4 is 0 Å². The van der Waals surface area contributed by atoms with Crippen molar-refractivity contribution in [2.24, 2.45) is 0 Å². The number of hydrogen-bond acceptors (Lipinski definition) is 2. The first-order valence-electron chi connectivity index (χ1n) is 5.57. The molecule has 1 rings (SSSR count). The molecule has 1 aromatic carbocycles. The topological polar surface area (TPSA) is 21.3 Å². The predicted molar refractivity (Wildman–Crippen MR) is 64.5 cm³/mol. The van der Waals surface area contributed by atoms with E-state index in [9.17, 15) is 0 Å². The molecule has 0 fully saturated rings. The van der Waals surface area contributed by atoms with Gasteiger partial charge in [0.1, 0.15) is 5.75 Å². The minimum Gasteiger partial charge on any atom is -0.496 e. The Bertz CT molecular complexity index is 298. The molecule has 0 aliphatic carbocycles. The van der Waals surface area contributed by atoms with E-state index < -0.39 is 0 Å². The molecular weight excluding hydrogens is 186 g/mol. The Hall–Kier alpha value is -1.02. The Balaban J connectivity index is 2.84. The number of ether oxygens (including phenoxy) is 1. The van der Waals surface area contributed by atoms with Crippen LogP contribution >= 0.6 is 0 Å². The first kappa shape index (κ1) is 12.1. The first-order chi connectivity index (χ1) is 7.20. The van der Waals surface area contributed by atoms with Crippen molar-refractivity contribution in [2.75, 3.05) is 13.7 Å². The average molecular weight is 207 g/mol. The van der Waals surface area contributed by atoms with Crippen molar-refractivity contribution in [3.8, 4) is 5.75 Å². The average Bonchev–Trinajstić information content (AvgIpc) is 2.28. The molecular formula is C13H21NO. The van der Waals surface area contributed by atoms with Crippen molar-refractivity contribution in [1.82, 2.24) is 5.32 Å². The van der Waals surface area contributed by atoms with Crippen LogP contribution in [0.3, 0.4) is 0 Å². The molecule has 0 aliphatic heterocycles. The van der Waals surface area contributed by atoms with Gasteiger partial charge in [-0.1, -0.05) is 32.0 Å². The van der Waals surface area contributed by atoms with Crippen LogP contribution < -0.4 is 10.1 Å². The lowest BCUT2D eigenvalue weighted by Gasteiger charge is -2.22. The van der Waals surface area contributed by atoms with E-state index in [2.05, 4.69) is 38.2 Å². The zero-order valence-electron chi connectivity index (χ0n) is 10.1. The fraction of sp³-hybridized carbons (Fsp3) is 0.538. The Kier molecular flexibility index (Phi) is 4.63. The molecule has 0 saturated heterocycles. The summed E-state index contributed by atoms with van der Waals surface area (Å²) in [5.41, 5.74) is 1.27. The summed E-state index contributed by atoms with van der Waals surface area (Å²) in [6, 6.07) is 8.69. The van der Waals surface area contributed by atoms with Gasteiger partial charge in [0, 0.05) is 6.04 Å². The van der Waals surface area contributed by atoms with Crippen molar-refractivity contribution in [2.45, 2.75) is 32.7 Å². The Morgan fingerprint density at radius 1 is 1.27 bits per heavy atom. The molecule has 2 atom stereocenters. The number of rotatable bonds is 5. The second kappa shape index (κ2) is 5.76. The lowest BCUT2D eigenvalue weighted by molar-refractivity contribution is 0.398. The largest absolute Gasteiger partial charge is 0.496 e.